The first kappa shape index (κ1) is 16.9. The van der Waals surface area contributed by atoms with Crippen LogP contribution in [0.3, 0.4) is 0 Å². The molecule has 0 atom stereocenters. The minimum absolute atomic E-state index is 0.146. The highest BCUT2D eigenvalue weighted by molar-refractivity contribution is 8.18. The summed E-state index contributed by atoms with van der Waals surface area (Å²) in [5, 5.41) is 8.19. The number of carboxylic acids is 1. The van der Waals surface area contributed by atoms with Crippen LogP contribution in [0.5, 0.6) is 11.5 Å². The third-order valence-corrected chi connectivity index (χ3v) is 4.05. The number of carbonyl (C=O) groups excluding carboxylic acids is 2. The Hall–Kier alpha value is -2.48. The maximum absolute atomic E-state index is 12.2. The van der Waals surface area contributed by atoms with Crippen LogP contribution in [0, 0.1) is 0 Å². The lowest BCUT2D eigenvalue weighted by Gasteiger charge is -2.10. The van der Waals surface area contributed by atoms with E-state index in [0.717, 1.165) is 16.7 Å². The minimum Gasteiger partial charge on any atom is -0.497 e. The van der Waals surface area contributed by atoms with Crippen molar-refractivity contribution in [1.82, 2.24) is 4.90 Å². The van der Waals surface area contributed by atoms with Crippen molar-refractivity contribution in [3.63, 3.8) is 0 Å². The summed E-state index contributed by atoms with van der Waals surface area (Å²) in [4.78, 5) is 35.8. The summed E-state index contributed by atoms with van der Waals surface area (Å²) >= 11 is 0.770. The van der Waals surface area contributed by atoms with Crippen LogP contribution in [0.15, 0.2) is 23.1 Å². The van der Waals surface area contributed by atoms with Gasteiger partial charge in [-0.25, -0.2) is 0 Å². The topological polar surface area (TPSA) is 93.1 Å². The number of rotatable bonds is 6. The fraction of sp³-hybridized carbons (Fsp3) is 0.267. The Bertz CT molecular complexity index is 685. The molecule has 0 unspecified atom stereocenters. The SMILES string of the molecule is COc1ccc(OC)c(C=C2SC(=O)N(CCC(=O)O)C2=O)c1. The molecule has 1 heterocycles. The van der Waals surface area contributed by atoms with Gasteiger partial charge in [0.25, 0.3) is 11.1 Å². The third kappa shape index (κ3) is 3.84. The average molecular weight is 337 g/mol. The number of hydrogen-bond donors (Lipinski definition) is 1. The van der Waals surface area contributed by atoms with Gasteiger partial charge in [0.1, 0.15) is 11.5 Å². The summed E-state index contributed by atoms with van der Waals surface area (Å²) in [6, 6.07) is 5.10. The van der Waals surface area contributed by atoms with Crippen LogP contribution >= 0.6 is 11.8 Å². The van der Waals surface area contributed by atoms with Gasteiger partial charge in [-0.05, 0) is 36.0 Å². The number of benzene rings is 1. The number of hydrogen-bond acceptors (Lipinski definition) is 6. The Balaban J connectivity index is 2.28. The summed E-state index contributed by atoms with van der Waals surface area (Å²) in [5.41, 5.74) is 0.593. The average Bonchev–Trinajstić information content (AvgIpc) is 2.79. The van der Waals surface area contributed by atoms with Gasteiger partial charge in [-0.1, -0.05) is 0 Å². The van der Waals surface area contributed by atoms with E-state index in [1.54, 1.807) is 18.2 Å². The predicted octanol–water partition coefficient (Wildman–Crippen LogP) is 2.21. The second-order valence-electron chi connectivity index (χ2n) is 4.58. The van der Waals surface area contributed by atoms with Crippen LogP contribution in [-0.4, -0.2) is 47.9 Å². The smallest absolute Gasteiger partial charge is 0.305 e. The van der Waals surface area contributed by atoms with Gasteiger partial charge in [0, 0.05) is 12.1 Å². The van der Waals surface area contributed by atoms with Gasteiger partial charge in [0.2, 0.25) is 0 Å². The van der Waals surface area contributed by atoms with Crippen molar-refractivity contribution >= 4 is 35.0 Å². The highest BCUT2D eigenvalue weighted by atomic mass is 32.2. The van der Waals surface area contributed by atoms with E-state index in [4.69, 9.17) is 14.6 Å². The van der Waals surface area contributed by atoms with Gasteiger partial charge in [0.15, 0.2) is 0 Å². The number of nitrogens with zero attached hydrogens (tertiary/aromatic N) is 1. The Morgan fingerprint density at radius 1 is 1.30 bits per heavy atom. The van der Waals surface area contributed by atoms with Crippen molar-refractivity contribution < 1.29 is 29.0 Å². The van der Waals surface area contributed by atoms with E-state index in [0.29, 0.717) is 17.1 Å². The molecule has 0 aliphatic carbocycles. The lowest BCUT2D eigenvalue weighted by atomic mass is 10.1. The maximum atomic E-state index is 12.2. The summed E-state index contributed by atoms with van der Waals surface area (Å²) in [5.74, 6) is -0.459. The number of ether oxygens (including phenoxy) is 2. The summed E-state index contributed by atoms with van der Waals surface area (Å²) in [6.45, 7) is -0.146. The molecule has 0 bridgehead atoms. The van der Waals surface area contributed by atoms with Crippen molar-refractivity contribution in [3.8, 4) is 11.5 Å². The molecule has 0 radical (unpaired) electrons. The first-order chi connectivity index (χ1) is 11.0. The lowest BCUT2D eigenvalue weighted by Crippen LogP contribution is -2.30. The van der Waals surface area contributed by atoms with E-state index >= 15 is 0 Å². The molecule has 2 amide bonds. The van der Waals surface area contributed by atoms with Gasteiger partial charge in [-0.3, -0.25) is 19.3 Å². The molecule has 1 saturated heterocycles. The van der Waals surface area contributed by atoms with E-state index in [1.165, 1.54) is 20.3 Å². The van der Waals surface area contributed by atoms with Gasteiger partial charge in [0.05, 0.1) is 25.5 Å². The number of amides is 2. The van der Waals surface area contributed by atoms with Crippen LogP contribution in [-0.2, 0) is 9.59 Å². The van der Waals surface area contributed by atoms with Crippen molar-refractivity contribution in [2.75, 3.05) is 20.8 Å². The molecule has 0 spiro atoms. The molecule has 8 heteroatoms. The monoisotopic (exact) mass is 337 g/mol. The van der Waals surface area contributed by atoms with Crippen LogP contribution in [0.1, 0.15) is 12.0 Å². The first-order valence-electron chi connectivity index (χ1n) is 6.65. The molecule has 7 nitrogen and oxygen atoms in total. The molecule has 122 valence electrons. The molecule has 2 rings (SSSR count). The largest absolute Gasteiger partial charge is 0.497 e. The summed E-state index contributed by atoms with van der Waals surface area (Å²) in [7, 11) is 3.02. The van der Waals surface area contributed by atoms with Gasteiger partial charge < -0.3 is 14.6 Å². The standard InChI is InChI=1S/C15H15NO6S/c1-21-10-3-4-11(22-2)9(7-10)8-12-14(19)16(15(20)23-12)6-5-13(17)18/h3-4,7-8H,5-6H2,1-2H3,(H,17,18). The molecule has 0 aromatic heterocycles. The molecule has 1 fully saturated rings. The van der Waals surface area contributed by atoms with Crippen molar-refractivity contribution in [1.29, 1.82) is 0 Å². The van der Waals surface area contributed by atoms with E-state index in [1.807, 2.05) is 0 Å². The van der Waals surface area contributed by atoms with Crippen molar-refractivity contribution in [2.45, 2.75) is 6.42 Å². The van der Waals surface area contributed by atoms with Crippen LogP contribution in [0.4, 0.5) is 4.79 Å². The van der Waals surface area contributed by atoms with E-state index in [2.05, 4.69) is 0 Å². The fourth-order valence-electron chi connectivity index (χ4n) is 1.99. The number of carboxylic acid groups (broad SMARTS) is 1. The van der Waals surface area contributed by atoms with Gasteiger partial charge >= 0.3 is 5.97 Å². The molecule has 23 heavy (non-hydrogen) atoms. The normalized spacial score (nSPS) is 16.1. The molecule has 1 N–H and O–H groups in total. The third-order valence-electron chi connectivity index (χ3n) is 3.15. The van der Waals surface area contributed by atoms with Crippen molar-refractivity contribution in [2.24, 2.45) is 0 Å². The first-order valence-corrected chi connectivity index (χ1v) is 7.47. The summed E-state index contributed by atoms with van der Waals surface area (Å²) < 4.78 is 10.4. The molecule has 1 aromatic rings. The Labute approximate surface area is 136 Å². The van der Waals surface area contributed by atoms with Gasteiger partial charge in [-0.15, -0.1) is 0 Å². The molecule has 1 aliphatic rings. The van der Waals surface area contributed by atoms with Crippen LogP contribution in [0.2, 0.25) is 0 Å². The second-order valence-corrected chi connectivity index (χ2v) is 5.58. The van der Waals surface area contributed by atoms with Crippen LogP contribution in [0.25, 0.3) is 6.08 Å². The molecule has 1 aromatic carbocycles. The minimum atomic E-state index is -1.07. The quantitative estimate of drug-likeness (QED) is 0.795. The number of carbonyl (C=O) groups is 3. The Morgan fingerprint density at radius 2 is 2.04 bits per heavy atom. The zero-order valence-corrected chi connectivity index (χ0v) is 13.4. The van der Waals surface area contributed by atoms with E-state index in [9.17, 15) is 14.4 Å². The molecular formula is C15H15NO6S. The Kier molecular flexibility index (Phi) is 5.28. The molecular weight excluding hydrogens is 322 g/mol. The van der Waals surface area contributed by atoms with Crippen molar-refractivity contribution in [3.05, 3.63) is 28.7 Å². The number of aliphatic carboxylic acids is 1. The summed E-state index contributed by atoms with van der Waals surface area (Å²) in [6.07, 6.45) is 1.25. The molecule has 1 aliphatic heterocycles. The van der Waals surface area contributed by atoms with Crippen LogP contribution < -0.4 is 9.47 Å². The zero-order chi connectivity index (χ0) is 17.0. The number of methoxy groups -OCH3 is 2. The zero-order valence-electron chi connectivity index (χ0n) is 12.6. The highest BCUT2D eigenvalue weighted by Crippen LogP contribution is 2.35. The lowest BCUT2D eigenvalue weighted by molar-refractivity contribution is -0.137. The predicted molar refractivity (Wildman–Crippen MR) is 84.5 cm³/mol. The highest BCUT2D eigenvalue weighted by Gasteiger charge is 2.35. The Morgan fingerprint density at radius 3 is 2.65 bits per heavy atom. The number of imide groups is 1. The maximum Gasteiger partial charge on any atom is 0.305 e. The van der Waals surface area contributed by atoms with E-state index in [-0.39, 0.29) is 17.9 Å². The van der Waals surface area contributed by atoms with E-state index < -0.39 is 17.1 Å². The fourth-order valence-corrected chi connectivity index (χ4v) is 2.85. The second kappa shape index (κ2) is 7.19. The molecule has 0 saturated carbocycles. The van der Waals surface area contributed by atoms with Gasteiger partial charge in [-0.2, -0.15) is 0 Å². The number of thioether (sulfide) groups is 1.